The zero-order valence-electron chi connectivity index (χ0n) is 13.0. The fourth-order valence-electron chi connectivity index (χ4n) is 2.54. The average molecular weight is 328 g/mol. The Morgan fingerprint density at radius 2 is 2.00 bits per heavy atom. The Labute approximate surface area is 136 Å². The van der Waals surface area contributed by atoms with Crippen LogP contribution in [0.4, 0.5) is 0 Å². The Bertz CT molecular complexity index is 259. The summed E-state index contributed by atoms with van der Waals surface area (Å²) in [6, 6.07) is 0. The molecule has 1 saturated heterocycles. The Balaban J connectivity index is 0. The Kier molecular flexibility index (Phi) is 12.9. The van der Waals surface area contributed by atoms with Crippen LogP contribution in [0.2, 0.25) is 0 Å². The monoisotopic (exact) mass is 327 g/mol. The number of amides is 1. The number of rotatable bonds is 7. The van der Waals surface area contributed by atoms with Crippen LogP contribution in [0.25, 0.3) is 0 Å². The molecule has 1 amide bonds. The maximum absolute atomic E-state index is 12.2. The summed E-state index contributed by atoms with van der Waals surface area (Å²) >= 11 is 0. The lowest BCUT2D eigenvalue weighted by atomic mass is 9.82. The largest absolute Gasteiger partial charge is 0.354 e. The van der Waals surface area contributed by atoms with Crippen LogP contribution in [-0.4, -0.2) is 50.1 Å². The van der Waals surface area contributed by atoms with E-state index in [0.29, 0.717) is 0 Å². The van der Waals surface area contributed by atoms with E-state index in [2.05, 4.69) is 36.3 Å². The van der Waals surface area contributed by atoms with Crippen LogP contribution in [0.3, 0.4) is 0 Å². The van der Waals surface area contributed by atoms with Gasteiger partial charge in [-0.1, -0.05) is 13.8 Å². The molecule has 1 fully saturated rings. The normalized spacial score (nSPS) is 21.8. The van der Waals surface area contributed by atoms with Crippen molar-refractivity contribution in [3.8, 4) is 0 Å². The summed E-state index contributed by atoms with van der Waals surface area (Å²) in [5.74, 6) is 0.210. The van der Waals surface area contributed by atoms with Gasteiger partial charge in [-0.2, -0.15) is 0 Å². The van der Waals surface area contributed by atoms with E-state index in [1.807, 2.05) is 0 Å². The summed E-state index contributed by atoms with van der Waals surface area (Å²) in [6.07, 6.45) is 3.27. The minimum Gasteiger partial charge on any atom is -0.354 e. The van der Waals surface area contributed by atoms with Gasteiger partial charge in [-0.05, 0) is 45.8 Å². The minimum absolute atomic E-state index is 0. The SMILES string of the molecule is CCCN(CC)CCNC(=O)C1(C)CCCNC1.Cl.Cl. The first-order chi connectivity index (χ1) is 8.62. The Morgan fingerprint density at radius 1 is 1.30 bits per heavy atom. The van der Waals surface area contributed by atoms with E-state index in [9.17, 15) is 4.79 Å². The van der Waals surface area contributed by atoms with Gasteiger partial charge in [0.15, 0.2) is 0 Å². The zero-order chi connectivity index (χ0) is 13.4. The molecular weight excluding hydrogens is 297 g/mol. The lowest BCUT2D eigenvalue weighted by Gasteiger charge is -2.33. The van der Waals surface area contributed by atoms with Crippen molar-refractivity contribution in [1.82, 2.24) is 15.5 Å². The lowest BCUT2D eigenvalue weighted by Crippen LogP contribution is -2.49. The van der Waals surface area contributed by atoms with Crippen molar-refractivity contribution in [2.75, 3.05) is 39.3 Å². The summed E-state index contributed by atoms with van der Waals surface area (Å²) in [4.78, 5) is 14.6. The predicted octanol–water partition coefficient (Wildman–Crippen LogP) is 2.07. The van der Waals surface area contributed by atoms with Gasteiger partial charge in [0.05, 0.1) is 5.41 Å². The molecule has 0 aromatic heterocycles. The third kappa shape index (κ3) is 7.11. The van der Waals surface area contributed by atoms with Gasteiger partial charge in [0, 0.05) is 19.6 Å². The highest BCUT2D eigenvalue weighted by atomic mass is 35.5. The van der Waals surface area contributed by atoms with Crippen molar-refractivity contribution in [3.05, 3.63) is 0 Å². The number of hydrogen-bond acceptors (Lipinski definition) is 3. The minimum atomic E-state index is -0.208. The number of hydrogen-bond donors (Lipinski definition) is 2. The summed E-state index contributed by atoms with van der Waals surface area (Å²) in [7, 11) is 0. The topological polar surface area (TPSA) is 44.4 Å². The highest BCUT2D eigenvalue weighted by Crippen LogP contribution is 2.25. The molecule has 0 bridgehead atoms. The van der Waals surface area contributed by atoms with Crippen molar-refractivity contribution in [2.45, 2.75) is 40.0 Å². The van der Waals surface area contributed by atoms with Crippen LogP contribution >= 0.6 is 24.8 Å². The third-order valence-corrected chi connectivity index (χ3v) is 3.85. The first-order valence-electron chi connectivity index (χ1n) is 7.33. The van der Waals surface area contributed by atoms with E-state index in [-0.39, 0.29) is 36.1 Å². The summed E-state index contributed by atoms with van der Waals surface area (Å²) in [5, 5.41) is 6.41. The second-order valence-electron chi connectivity index (χ2n) is 5.53. The van der Waals surface area contributed by atoms with Crippen molar-refractivity contribution in [3.63, 3.8) is 0 Å². The van der Waals surface area contributed by atoms with E-state index in [4.69, 9.17) is 0 Å². The van der Waals surface area contributed by atoms with Gasteiger partial charge in [-0.15, -0.1) is 24.8 Å². The zero-order valence-corrected chi connectivity index (χ0v) is 14.7. The molecule has 2 N–H and O–H groups in total. The van der Waals surface area contributed by atoms with Crippen LogP contribution in [0.1, 0.15) is 40.0 Å². The first kappa shape index (κ1) is 22.3. The molecule has 122 valence electrons. The molecule has 1 aliphatic heterocycles. The fraction of sp³-hybridized carbons (Fsp3) is 0.929. The molecule has 0 spiro atoms. The maximum Gasteiger partial charge on any atom is 0.227 e. The molecule has 0 saturated carbocycles. The van der Waals surface area contributed by atoms with Crippen molar-refractivity contribution in [2.24, 2.45) is 5.41 Å². The Hall–Kier alpha value is -0.0300. The van der Waals surface area contributed by atoms with Gasteiger partial charge in [0.2, 0.25) is 5.91 Å². The fourth-order valence-corrected chi connectivity index (χ4v) is 2.54. The van der Waals surface area contributed by atoms with Crippen LogP contribution in [0.5, 0.6) is 0 Å². The number of nitrogens with zero attached hydrogens (tertiary/aromatic N) is 1. The van der Waals surface area contributed by atoms with Crippen LogP contribution in [0.15, 0.2) is 0 Å². The van der Waals surface area contributed by atoms with Crippen LogP contribution in [-0.2, 0) is 4.79 Å². The number of halogens is 2. The van der Waals surface area contributed by atoms with Crippen LogP contribution < -0.4 is 10.6 Å². The van der Waals surface area contributed by atoms with Crippen LogP contribution in [0, 0.1) is 5.41 Å². The molecule has 0 aromatic carbocycles. The van der Waals surface area contributed by atoms with Gasteiger partial charge in [-0.25, -0.2) is 0 Å². The third-order valence-electron chi connectivity index (χ3n) is 3.85. The first-order valence-corrected chi connectivity index (χ1v) is 7.33. The molecule has 0 aliphatic carbocycles. The van der Waals surface area contributed by atoms with E-state index < -0.39 is 0 Å². The second kappa shape index (κ2) is 11.6. The molecule has 1 aliphatic rings. The highest BCUT2D eigenvalue weighted by molar-refractivity contribution is 5.85. The van der Waals surface area contributed by atoms with Crippen molar-refractivity contribution in [1.29, 1.82) is 0 Å². The van der Waals surface area contributed by atoms with Crippen molar-refractivity contribution >= 4 is 30.7 Å². The highest BCUT2D eigenvalue weighted by Gasteiger charge is 2.34. The summed E-state index contributed by atoms with van der Waals surface area (Å²) in [5.41, 5.74) is -0.208. The number of piperidine rings is 1. The van der Waals surface area contributed by atoms with Gasteiger partial charge < -0.3 is 15.5 Å². The molecule has 0 radical (unpaired) electrons. The van der Waals surface area contributed by atoms with E-state index in [1.165, 1.54) is 6.42 Å². The average Bonchev–Trinajstić information content (AvgIpc) is 2.38. The standard InChI is InChI=1S/C14H29N3O.2ClH/c1-4-10-17(5-2)11-9-16-13(18)14(3)7-6-8-15-12-14;;/h15H,4-12H2,1-3H3,(H,16,18);2*1H. The molecule has 4 nitrogen and oxygen atoms in total. The van der Waals surface area contributed by atoms with Gasteiger partial charge in [0.25, 0.3) is 0 Å². The predicted molar refractivity (Wildman–Crippen MR) is 90.1 cm³/mol. The molecule has 1 rings (SSSR count). The molecule has 20 heavy (non-hydrogen) atoms. The second-order valence-corrected chi connectivity index (χ2v) is 5.53. The van der Waals surface area contributed by atoms with E-state index in [0.717, 1.165) is 52.1 Å². The lowest BCUT2D eigenvalue weighted by molar-refractivity contribution is -0.131. The molecular formula is C14H31Cl2N3O. The smallest absolute Gasteiger partial charge is 0.227 e. The number of carbonyl (C=O) groups is 1. The molecule has 1 unspecified atom stereocenters. The molecule has 6 heteroatoms. The Morgan fingerprint density at radius 3 is 2.50 bits per heavy atom. The maximum atomic E-state index is 12.2. The number of likely N-dealkylation sites (N-methyl/N-ethyl adjacent to an activating group) is 1. The molecule has 1 atom stereocenters. The summed E-state index contributed by atoms with van der Waals surface area (Å²) in [6.45, 7) is 12.2. The van der Waals surface area contributed by atoms with Gasteiger partial charge >= 0.3 is 0 Å². The molecule has 1 heterocycles. The molecule has 0 aromatic rings. The number of nitrogens with one attached hydrogen (secondary N) is 2. The van der Waals surface area contributed by atoms with Crippen molar-refractivity contribution < 1.29 is 4.79 Å². The summed E-state index contributed by atoms with van der Waals surface area (Å²) < 4.78 is 0. The van der Waals surface area contributed by atoms with E-state index in [1.54, 1.807) is 0 Å². The van der Waals surface area contributed by atoms with Gasteiger partial charge in [-0.3, -0.25) is 4.79 Å². The number of carbonyl (C=O) groups excluding carboxylic acids is 1. The van der Waals surface area contributed by atoms with Gasteiger partial charge in [0.1, 0.15) is 0 Å². The van der Waals surface area contributed by atoms with E-state index >= 15 is 0 Å². The quantitative estimate of drug-likeness (QED) is 0.752.